The first-order chi connectivity index (χ1) is 8.08. The van der Waals surface area contributed by atoms with E-state index >= 15 is 0 Å². The normalized spacial score (nSPS) is 20.7. The molecule has 92 valence electrons. The van der Waals surface area contributed by atoms with E-state index in [1.54, 1.807) is 0 Å². The lowest BCUT2D eigenvalue weighted by molar-refractivity contribution is -0.142. The molecule has 2 rings (SSSR count). The van der Waals surface area contributed by atoms with Crippen molar-refractivity contribution in [3.05, 3.63) is 34.9 Å². The molecule has 0 amide bonds. The Balaban J connectivity index is 2.15. The molecule has 0 bridgehead atoms. The lowest BCUT2D eigenvalue weighted by atomic mass is 10.0. The molecule has 1 N–H and O–H groups in total. The van der Waals surface area contributed by atoms with Crippen LogP contribution in [0.3, 0.4) is 0 Å². The lowest BCUT2D eigenvalue weighted by Gasteiger charge is -2.22. The maximum Gasteiger partial charge on any atom is 0.320 e. The topological polar surface area (TPSA) is 40.5 Å². The third-order valence-corrected chi connectivity index (χ3v) is 3.53. The van der Waals surface area contributed by atoms with Crippen LogP contribution in [0.15, 0.2) is 18.2 Å². The SMILES string of the molecule is Cc1ccc(C)c(CN2CCCC2C(=O)O)c1. The van der Waals surface area contributed by atoms with E-state index in [0.717, 1.165) is 25.9 Å². The fraction of sp³-hybridized carbons (Fsp3) is 0.500. The van der Waals surface area contributed by atoms with Gasteiger partial charge in [0.15, 0.2) is 0 Å². The van der Waals surface area contributed by atoms with Crippen molar-refractivity contribution in [2.75, 3.05) is 6.54 Å². The van der Waals surface area contributed by atoms with E-state index in [1.807, 2.05) is 0 Å². The Morgan fingerprint density at radius 2 is 2.24 bits per heavy atom. The second-order valence-electron chi connectivity index (χ2n) is 4.90. The summed E-state index contributed by atoms with van der Waals surface area (Å²) in [5, 5.41) is 9.14. The fourth-order valence-corrected chi connectivity index (χ4v) is 2.48. The van der Waals surface area contributed by atoms with Gasteiger partial charge in [-0.1, -0.05) is 23.8 Å². The van der Waals surface area contributed by atoms with Gasteiger partial charge in [0.2, 0.25) is 0 Å². The van der Waals surface area contributed by atoms with Gasteiger partial charge in [-0.3, -0.25) is 9.69 Å². The molecule has 0 spiro atoms. The van der Waals surface area contributed by atoms with Gasteiger partial charge < -0.3 is 5.11 Å². The highest BCUT2D eigenvalue weighted by Crippen LogP contribution is 2.22. The van der Waals surface area contributed by atoms with E-state index in [1.165, 1.54) is 16.7 Å². The van der Waals surface area contributed by atoms with E-state index in [2.05, 4.69) is 36.9 Å². The molecule has 1 aliphatic rings. The number of carboxylic acid groups (broad SMARTS) is 1. The van der Waals surface area contributed by atoms with Gasteiger partial charge in [0, 0.05) is 6.54 Å². The zero-order chi connectivity index (χ0) is 12.4. The van der Waals surface area contributed by atoms with Crippen molar-refractivity contribution in [3.8, 4) is 0 Å². The summed E-state index contributed by atoms with van der Waals surface area (Å²) in [5.74, 6) is -0.687. The second-order valence-corrected chi connectivity index (χ2v) is 4.90. The van der Waals surface area contributed by atoms with E-state index in [-0.39, 0.29) is 6.04 Å². The Kier molecular flexibility index (Phi) is 3.48. The minimum Gasteiger partial charge on any atom is -0.480 e. The van der Waals surface area contributed by atoms with Gasteiger partial charge in [0.25, 0.3) is 0 Å². The van der Waals surface area contributed by atoms with Crippen molar-refractivity contribution < 1.29 is 9.90 Å². The molecule has 1 unspecified atom stereocenters. The number of benzene rings is 1. The van der Waals surface area contributed by atoms with Crippen LogP contribution < -0.4 is 0 Å². The van der Waals surface area contributed by atoms with Crippen molar-refractivity contribution in [1.29, 1.82) is 0 Å². The van der Waals surface area contributed by atoms with E-state index in [9.17, 15) is 4.79 Å². The molecule has 1 heterocycles. The number of nitrogens with zero attached hydrogens (tertiary/aromatic N) is 1. The van der Waals surface area contributed by atoms with Crippen LogP contribution in [0.4, 0.5) is 0 Å². The molecule has 3 heteroatoms. The molecule has 1 fully saturated rings. The fourth-order valence-electron chi connectivity index (χ4n) is 2.48. The number of hydrogen-bond donors (Lipinski definition) is 1. The molecule has 1 atom stereocenters. The number of carboxylic acids is 1. The Bertz CT molecular complexity index is 428. The molecule has 1 saturated heterocycles. The lowest BCUT2D eigenvalue weighted by Crippen LogP contribution is -2.35. The zero-order valence-electron chi connectivity index (χ0n) is 10.4. The number of aryl methyl sites for hydroxylation is 2. The molecule has 0 aliphatic carbocycles. The summed E-state index contributed by atoms with van der Waals surface area (Å²) in [6.07, 6.45) is 1.77. The molecule has 0 saturated carbocycles. The Labute approximate surface area is 102 Å². The van der Waals surface area contributed by atoms with E-state index in [0.29, 0.717) is 0 Å². The molecular weight excluding hydrogens is 214 g/mol. The molecule has 17 heavy (non-hydrogen) atoms. The van der Waals surface area contributed by atoms with Crippen LogP contribution in [0.2, 0.25) is 0 Å². The average molecular weight is 233 g/mol. The van der Waals surface area contributed by atoms with Crippen molar-refractivity contribution in [2.45, 2.75) is 39.3 Å². The van der Waals surface area contributed by atoms with Gasteiger partial charge in [-0.25, -0.2) is 0 Å². The number of rotatable bonds is 3. The van der Waals surface area contributed by atoms with Crippen molar-refractivity contribution in [1.82, 2.24) is 4.90 Å². The van der Waals surface area contributed by atoms with Crippen LogP contribution in [-0.2, 0) is 11.3 Å². The maximum absolute atomic E-state index is 11.1. The van der Waals surface area contributed by atoms with Gasteiger partial charge in [-0.15, -0.1) is 0 Å². The second kappa shape index (κ2) is 4.88. The summed E-state index contributed by atoms with van der Waals surface area (Å²) in [4.78, 5) is 13.2. The summed E-state index contributed by atoms with van der Waals surface area (Å²) in [7, 11) is 0. The van der Waals surface area contributed by atoms with Gasteiger partial charge in [-0.2, -0.15) is 0 Å². The highest BCUT2D eigenvalue weighted by molar-refractivity contribution is 5.73. The molecule has 1 aromatic carbocycles. The van der Waals surface area contributed by atoms with Crippen LogP contribution in [0, 0.1) is 13.8 Å². The molecule has 0 aromatic heterocycles. The van der Waals surface area contributed by atoms with Crippen LogP contribution in [-0.4, -0.2) is 28.6 Å². The predicted molar refractivity (Wildman–Crippen MR) is 67.0 cm³/mol. The third kappa shape index (κ3) is 2.67. The maximum atomic E-state index is 11.1. The first kappa shape index (κ1) is 12.1. The van der Waals surface area contributed by atoms with Crippen LogP contribution in [0.1, 0.15) is 29.5 Å². The van der Waals surface area contributed by atoms with Crippen LogP contribution in [0.5, 0.6) is 0 Å². The molecular formula is C14H19NO2. The van der Waals surface area contributed by atoms with E-state index < -0.39 is 5.97 Å². The highest BCUT2D eigenvalue weighted by Gasteiger charge is 2.30. The van der Waals surface area contributed by atoms with Crippen molar-refractivity contribution in [2.24, 2.45) is 0 Å². The summed E-state index contributed by atoms with van der Waals surface area (Å²) in [5.41, 5.74) is 3.72. The van der Waals surface area contributed by atoms with Crippen molar-refractivity contribution in [3.63, 3.8) is 0 Å². The quantitative estimate of drug-likeness (QED) is 0.871. The van der Waals surface area contributed by atoms with Crippen LogP contribution in [0.25, 0.3) is 0 Å². The number of aliphatic carboxylic acids is 1. The summed E-state index contributed by atoms with van der Waals surface area (Å²) < 4.78 is 0. The average Bonchev–Trinajstić information content (AvgIpc) is 2.71. The first-order valence-corrected chi connectivity index (χ1v) is 6.11. The Morgan fingerprint density at radius 3 is 2.94 bits per heavy atom. The summed E-state index contributed by atoms with van der Waals surface area (Å²) in [6, 6.07) is 6.07. The van der Waals surface area contributed by atoms with Crippen molar-refractivity contribution >= 4 is 5.97 Å². The molecule has 1 aromatic rings. The zero-order valence-corrected chi connectivity index (χ0v) is 10.4. The molecule has 1 aliphatic heterocycles. The van der Waals surface area contributed by atoms with Gasteiger partial charge in [0.1, 0.15) is 6.04 Å². The molecule has 3 nitrogen and oxygen atoms in total. The molecule has 0 radical (unpaired) electrons. The Hall–Kier alpha value is -1.35. The number of carbonyl (C=O) groups is 1. The first-order valence-electron chi connectivity index (χ1n) is 6.11. The third-order valence-electron chi connectivity index (χ3n) is 3.53. The van der Waals surface area contributed by atoms with Crippen LogP contribution >= 0.6 is 0 Å². The minimum absolute atomic E-state index is 0.296. The van der Waals surface area contributed by atoms with Gasteiger partial charge in [-0.05, 0) is 44.4 Å². The summed E-state index contributed by atoms with van der Waals surface area (Å²) >= 11 is 0. The highest BCUT2D eigenvalue weighted by atomic mass is 16.4. The monoisotopic (exact) mass is 233 g/mol. The van der Waals surface area contributed by atoms with Gasteiger partial charge >= 0.3 is 5.97 Å². The van der Waals surface area contributed by atoms with Gasteiger partial charge in [0.05, 0.1) is 0 Å². The largest absolute Gasteiger partial charge is 0.480 e. The summed E-state index contributed by atoms with van der Waals surface area (Å²) in [6.45, 7) is 5.80. The standard InChI is InChI=1S/C14H19NO2/c1-10-5-6-11(2)12(8-10)9-15-7-3-4-13(15)14(16)17/h5-6,8,13H,3-4,7,9H2,1-2H3,(H,16,17). The number of likely N-dealkylation sites (tertiary alicyclic amines) is 1. The number of hydrogen-bond acceptors (Lipinski definition) is 2. The minimum atomic E-state index is -0.687. The van der Waals surface area contributed by atoms with E-state index in [4.69, 9.17) is 5.11 Å². The predicted octanol–water partition coefficient (Wildman–Crippen LogP) is 2.35. The Morgan fingerprint density at radius 1 is 1.47 bits per heavy atom. The smallest absolute Gasteiger partial charge is 0.320 e.